The van der Waals surface area contributed by atoms with Gasteiger partial charge < -0.3 is 9.94 Å². The van der Waals surface area contributed by atoms with Gasteiger partial charge in [-0.2, -0.15) is 0 Å². The summed E-state index contributed by atoms with van der Waals surface area (Å²) in [6.45, 7) is 5.88. The van der Waals surface area contributed by atoms with Crippen LogP contribution in [0.5, 0.6) is 0 Å². The van der Waals surface area contributed by atoms with E-state index in [1.165, 1.54) is 0 Å². The van der Waals surface area contributed by atoms with Crippen LogP contribution >= 0.6 is 0 Å². The quantitative estimate of drug-likeness (QED) is 0.521. The molecule has 3 nitrogen and oxygen atoms in total. The topological polar surface area (TPSA) is 41.5 Å². The fourth-order valence-electron chi connectivity index (χ4n) is 0.435. The third-order valence-electron chi connectivity index (χ3n) is 0.742. The van der Waals surface area contributed by atoms with Gasteiger partial charge in [-0.15, -0.1) is 5.48 Å². The fraction of sp³-hybridized carbons (Fsp3) is 0.667. The Hall–Kier alpha value is -0.700. The molecule has 0 aromatic heterocycles. The van der Waals surface area contributed by atoms with Gasteiger partial charge in [-0.1, -0.05) is 13.8 Å². The van der Waals surface area contributed by atoms with E-state index in [1.807, 2.05) is 20.8 Å². The number of nitrogens with one attached hydrogen (secondary N) is 1. The van der Waals surface area contributed by atoms with Crippen molar-refractivity contribution in [3.63, 3.8) is 0 Å². The lowest BCUT2D eigenvalue weighted by Crippen LogP contribution is -2.15. The molecular formula is C6H13NO2. The molecule has 1 aliphatic heterocycles. The van der Waals surface area contributed by atoms with Crippen molar-refractivity contribution in [2.24, 2.45) is 0 Å². The third-order valence-corrected chi connectivity index (χ3v) is 0.742. The van der Waals surface area contributed by atoms with E-state index in [1.54, 1.807) is 6.08 Å². The Morgan fingerprint density at radius 2 is 2.22 bits per heavy atom. The summed E-state index contributed by atoms with van der Waals surface area (Å²) in [6.07, 6.45) is 1.58. The minimum atomic E-state index is -0.0347. The van der Waals surface area contributed by atoms with Crippen LogP contribution in [0.15, 0.2) is 12.0 Å². The monoisotopic (exact) mass is 131 g/mol. The fourth-order valence-corrected chi connectivity index (χ4v) is 0.435. The van der Waals surface area contributed by atoms with Gasteiger partial charge in [0.1, 0.15) is 0 Å². The first kappa shape index (κ1) is 8.30. The van der Waals surface area contributed by atoms with Crippen LogP contribution in [0, 0.1) is 0 Å². The van der Waals surface area contributed by atoms with Gasteiger partial charge in [0.2, 0.25) is 0 Å². The Morgan fingerprint density at radius 1 is 1.67 bits per heavy atom. The Kier molecular flexibility index (Phi) is 3.88. The van der Waals surface area contributed by atoms with Crippen molar-refractivity contribution in [3.8, 4) is 0 Å². The van der Waals surface area contributed by atoms with E-state index in [2.05, 4.69) is 10.3 Å². The average molecular weight is 131 g/mol. The first-order valence-electron chi connectivity index (χ1n) is 3.12. The summed E-state index contributed by atoms with van der Waals surface area (Å²) in [5.41, 5.74) is 2.53. The maximum absolute atomic E-state index is 8.48. The Labute approximate surface area is 55.3 Å². The lowest BCUT2D eigenvalue weighted by Gasteiger charge is -1.94. The van der Waals surface area contributed by atoms with Gasteiger partial charge in [0.25, 0.3) is 5.95 Å². The average Bonchev–Trinajstić information content (AvgIpc) is 2.20. The molecule has 3 heteroatoms. The minimum absolute atomic E-state index is 0.0347. The summed E-state index contributed by atoms with van der Waals surface area (Å²) in [4.78, 5) is 4.43. The van der Waals surface area contributed by atoms with Gasteiger partial charge in [0.05, 0.1) is 6.04 Å². The second kappa shape index (κ2) is 4.21. The maximum atomic E-state index is 8.48. The molecular weight excluding hydrogens is 118 g/mol. The van der Waals surface area contributed by atoms with E-state index in [0.29, 0.717) is 0 Å². The SMILES string of the molecule is CC.CC1C=C(O)ON1. The Balaban J connectivity index is 0.000000291. The zero-order valence-electron chi connectivity index (χ0n) is 6.01. The number of aliphatic hydroxyl groups excluding tert-OH is 1. The second-order valence-corrected chi connectivity index (χ2v) is 1.51. The molecule has 1 aliphatic rings. The van der Waals surface area contributed by atoms with Gasteiger partial charge in [-0.25, -0.2) is 0 Å². The van der Waals surface area contributed by atoms with Crippen molar-refractivity contribution in [3.05, 3.63) is 12.0 Å². The van der Waals surface area contributed by atoms with Crippen molar-refractivity contribution in [2.45, 2.75) is 26.8 Å². The molecule has 0 fully saturated rings. The number of hydrogen-bond donors (Lipinski definition) is 2. The van der Waals surface area contributed by atoms with Crippen molar-refractivity contribution in [1.29, 1.82) is 0 Å². The molecule has 0 aliphatic carbocycles. The first-order chi connectivity index (χ1) is 4.29. The molecule has 0 saturated heterocycles. The van der Waals surface area contributed by atoms with Crippen molar-refractivity contribution >= 4 is 0 Å². The van der Waals surface area contributed by atoms with Crippen LogP contribution in [-0.2, 0) is 4.84 Å². The molecule has 2 N–H and O–H groups in total. The maximum Gasteiger partial charge on any atom is 0.294 e. The van der Waals surface area contributed by atoms with Crippen LogP contribution in [0.4, 0.5) is 0 Å². The lowest BCUT2D eigenvalue weighted by molar-refractivity contribution is 0.0400. The number of hydrogen-bond acceptors (Lipinski definition) is 3. The van der Waals surface area contributed by atoms with E-state index in [4.69, 9.17) is 5.11 Å². The van der Waals surface area contributed by atoms with E-state index in [0.717, 1.165) is 0 Å². The van der Waals surface area contributed by atoms with Gasteiger partial charge in [0.15, 0.2) is 0 Å². The second-order valence-electron chi connectivity index (χ2n) is 1.51. The van der Waals surface area contributed by atoms with E-state index >= 15 is 0 Å². The molecule has 9 heavy (non-hydrogen) atoms. The summed E-state index contributed by atoms with van der Waals surface area (Å²) >= 11 is 0. The smallest absolute Gasteiger partial charge is 0.294 e. The largest absolute Gasteiger partial charge is 0.480 e. The molecule has 1 rings (SSSR count). The van der Waals surface area contributed by atoms with Crippen LogP contribution in [0.1, 0.15) is 20.8 Å². The molecule has 1 atom stereocenters. The molecule has 54 valence electrons. The summed E-state index contributed by atoms with van der Waals surface area (Å²) < 4.78 is 0. The van der Waals surface area contributed by atoms with Crippen molar-refractivity contribution in [2.75, 3.05) is 0 Å². The Morgan fingerprint density at radius 3 is 2.33 bits per heavy atom. The predicted octanol–water partition coefficient (Wildman–Crippen LogP) is 1.34. The summed E-state index contributed by atoms with van der Waals surface area (Å²) in [6, 6.07) is 0.139. The summed E-state index contributed by atoms with van der Waals surface area (Å²) in [7, 11) is 0. The highest BCUT2D eigenvalue weighted by molar-refractivity contribution is 4.93. The van der Waals surface area contributed by atoms with Crippen molar-refractivity contribution < 1.29 is 9.94 Å². The first-order valence-corrected chi connectivity index (χ1v) is 3.12. The van der Waals surface area contributed by atoms with Gasteiger partial charge in [-0.05, 0) is 6.92 Å². The van der Waals surface area contributed by atoms with Crippen LogP contribution in [0.3, 0.4) is 0 Å². The standard InChI is InChI=1S/C4H7NO2.C2H6/c1-3-2-4(6)7-5-3;1-2/h2-3,5-6H,1H3;1-2H3. The van der Waals surface area contributed by atoms with Gasteiger partial charge in [-0.3, -0.25) is 0 Å². The van der Waals surface area contributed by atoms with Crippen LogP contribution in [0.25, 0.3) is 0 Å². The number of hydroxylamine groups is 1. The van der Waals surface area contributed by atoms with Gasteiger partial charge >= 0.3 is 0 Å². The molecule has 0 amide bonds. The molecule has 0 saturated carbocycles. The van der Waals surface area contributed by atoms with Crippen molar-refractivity contribution in [1.82, 2.24) is 5.48 Å². The highest BCUT2D eigenvalue weighted by atomic mass is 16.7. The molecule has 0 aromatic carbocycles. The van der Waals surface area contributed by atoms with Gasteiger partial charge in [0, 0.05) is 6.08 Å². The molecule has 1 unspecified atom stereocenters. The molecule has 0 aromatic rings. The Bertz CT molecular complexity index is 101. The predicted molar refractivity (Wildman–Crippen MR) is 35.7 cm³/mol. The molecule has 1 heterocycles. The normalized spacial score (nSPS) is 23.4. The van der Waals surface area contributed by atoms with E-state index in [-0.39, 0.29) is 12.0 Å². The highest BCUT2D eigenvalue weighted by Gasteiger charge is 2.08. The lowest BCUT2D eigenvalue weighted by atomic mass is 10.4. The zero-order valence-corrected chi connectivity index (χ0v) is 6.01. The summed E-state index contributed by atoms with van der Waals surface area (Å²) in [5, 5.41) is 8.48. The van der Waals surface area contributed by atoms with E-state index in [9.17, 15) is 0 Å². The number of rotatable bonds is 0. The van der Waals surface area contributed by atoms with Crippen LogP contribution in [0.2, 0.25) is 0 Å². The van der Waals surface area contributed by atoms with Crippen LogP contribution < -0.4 is 5.48 Å². The number of aliphatic hydroxyl groups is 1. The zero-order chi connectivity index (χ0) is 7.28. The summed E-state index contributed by atoms with van der Waals surface area (Å²) in [5.74, 6) is -0.0347. The van der Waals surface area contributed by atoms with Crippen LogP contribution in [-0.4, -0.2) is 11.1 Å². The molecule has 0 bridgehead atoms. The highest BCUT2D eigenvalue weighted by Crippen LogP contribution is 2.00. The minimum Gasteiger partial charge on any atom is -0.480 e. The molecule has 0 spiro atoms. The molecule has 0 radical (unpaired) electrons. The third kappa shape index (κ3) is 2.98. The van der Waals surface area contributed by atoms with E-state index < -0.39 is 0 Å².